The van der Waals surface area contributed by atoms with Crippen LogP contribution in [0.15, 0.2) is 30.3 Å². The minimum absolute atomic E-state index is 0.241. The Balaban J connectivity index is 1.71. The summed E-state index contributed by atoms with van der Waals surface area (Å²) in [6.07, 6.45) is 4.07. The number of rotatable bonds is 3. The van der Waals surface area contributed by atoms with Crippen LogP contribution in [0.5, 0.6) is 0 Å². The Kier molecular flexibility index (Phi) is 4.21. The first-order chi connectivity index (χ1) is 12.7. The van der Waals surface area contributed by atoms with Crippen molar-refractivity contribution in [1.82, 2.24) is 19.7 Å². The minimum atomic E-state index is -0.940. The zero-order chi connectivity index (χ0) is 18.1. The summed E-state index contributed by atoms with van der Waals surface area (Å²) >= 11 is 0. The lowest BCUT2D eigenvalue weighted by Crippen LogP contribution is -2.17. The van der Waals surface area contributed by atoms with Crippen LogP contribution in [0.25, 0.3) is 10.9 Å². The zero-order valence-electron chi connectivity index (χ0n) is 14.6. The maximum absolute atomic E-state index is 13.0. The van der Waals surface area contributed by atoms with Gasteiger partial charge in [0.15, 0.2) is 17.5 Å². The number of aryl methyl sites for hydroxylation is 2. The molecule has 1 aliphatic heterocycles. The Morgan fingerprint density at radius 3 is 2.92 bits per heavy atom. The number of aromatic nitrogens is 4. The summed E-state index contributed by atoms with van der Waals surface area (Å²) in [5.74, 6) is 0.167. The number of ketones is 1. The molecule has 0 amide bonds. The fourth-order valence-electron chi connectivity index (χ4n) is 3.50. The number of hydrogen-bond donors (Lipinski definition) is 0. The molecule has 6 heteroatoms. The average Bonchev–Trinajstić information content (AvgIpc) is 2.89. The zero-order valence-corrected chi connectivity index (χ0v) is 14.6. The number of carbonyl (C=O) groups excluding carboxylic acids is 1. The van der Waals surface area contributed by atoms with E-state index in [-0.39, 0.29) is 5.78 Å². The van der Waals surface area contributed by atoms with Gasteiger partial charge >= 0.3 is 0 Å². The Morgan fingerprint density at radius 2 is 2.08 bits per heavy atom. The summed E-state index contributed by atoms with van der Waals surface area (Å²) in [5, 5.41) is 19.0. The van der Waals surface area contributed by atoms with Gasteiger partial charge in [0.05, 0.1) is 11.6 Å². The summed E-state index contributed by atoms with van der Waals surface area (Å²) < 4.78 is 1.96. The highest BCUT2D eigenvalue weighted by molar-refractivity contribution is 6.04. The van der Waals surface area contributed by atoms with Crippen molar-refractivity contribution >= 4 is 16.7 Å². The molecule has 4 rings (SSSR count). The van der Waals surface area contributed by atoms with Crippen LogP contribution in [0.3, 0.4) is 0 Å². The van der Waals surface area contributed by atoms with Gasteiger partial charge < -0.3 is 4.57 Å². The molecule has 2 aromatic heterocycles. The van der Waals surface area contributed by atoms with E-state index in [0.29, 0.717) is 11.4 Å². The third-order valence-corrected chi connectivity index (χ3v) is 4.90. The van der Waals surface area contributed by atoms with Crippen molar-refractivity contribution in [1.29, 1.82) is 5.26 Å². The fourth-order valence-corrected chi connectivity index (χ4v) is 3.50. The number of fused-ring (bicyclic) bond motifs is 2. The lowest BCUT2D eigenvalue weighted by Gasteiger charge is -2.11. The van der Waals surface area contributed by atoms with Gasteiger partial charge in [0.2, 0.25) is 0 Å². The van der Waals surface area contributed by atoms with Crippen LogP contribution >= 0.6 is 0 Å². The first-order valence-electron chi connectivity index (χ1n) is 8.90. The van der Waals surface area contributed by atoms with Crippen molar-refractivity contribution in [2.24, 2.45) is 0 Å². The Labute approximate surface area is 151 Å². The molecule has 1 atom stereocenters. The van der Waals surface area contributed by atoms with Gasteiger partial charge in [0.1, 0.15) is 5.82 Å². The molecule has 3 heterocycles. The minimum Gasteiger partial charge on any atom is -0.313 e. The molecule has 3 aromatic rings. The molecule has 0 fully saturated rings. The second-order valence-corrected chi connectivity index (χ2v) is 6.72. The van der Waals surface area contributed by atoms with E-state index in [0.717, 1.165) is 54.6 Å². The van der Waals surface area contributed by atoms with Gasteiger partial charge in [-0.25, -0.2) is 0 Å². The van der Waals surface area contributed by atoms with Crippen LogP contribution in [-0.4, -0.2) is 25.5 Å². The topological polar surface area (TPSA) is 84.5 Å². The third-order valence-electron chi connectivity index (χ3n) is 4.90. The first kappa shape index (κ1) is 16.4. The van der Waals surface area contributed by atoms with Gasteiger partial charge in [-0.15, -0.1) is 10.2 Å². The summed E-state index contributed by atoms with van der Waals surface area (Å²) in [5.41, 5.74) is 2.27. The van der Waals surface area contributed by atoms with Crippen LogP contribution in [0.2, 0.25) is 0 Å². The molecule has 6 nitrogen and oxygen atoms in total. The number of benzene rings is 1. The molecule has 0 saturated carbocycles. The van der Waals surface area contributed by atoms with Crippen LogP contribution in [0.4, 0.5) is 0 Å². The van der Waals surface area contributed by atoms with Crippen molar-refractivity contribution in [3.63, 3.8) is 0 Å². The molecule has 0 saturated heterocycles. The summed E-state index contributed by atoms with van der Waals surface area (Å²) in [4.78, 5) is 17.5. The number of carbonyl (C=O) groups is 1. The Morgan fingerprint density at radius 1 is 1.19 bits per heavy atom. The van der Waals surface area contributed by atoms with E-state index in [1.807, 2.05) is 29.7 Å². The molecule has 0 radical (unpaired) electrons. The highest BCUT2D eigenvalue weighted by Crippen LogP contribution is 2.24. The Hall–Kier alpha value is -3.07. The molecular formula is C20H19N5O. The summed E-state index contributed by atoms with van der Waals surface area (Å²) in [7, 11) is 0. The predicted molar refractivity (Wildman–Crippen MR) is 96.7 cm³/mol. The van der Waals surface area contributed by atoms with Crippen LogP contribution in [-0.2, 0) is 13.0 Å². The molecule has 1 aliphatic rings. The molecule has 26 heavy (non-hydrogen) atoms. The largest absolute Gasteiger partial charge is 0.313 e. The maximum Gasteiger partial charge on any atom is 0.187 e. The normalized spacial score (nSPS) is 15.1. The molecule has 0 spiro atoms. The van der Waals surface area contributed by atoms with Crippen LogP contribution < -0.4 is 0 Å². The molecule has 0 unspecified atom stereocenters. The second kappa shape index (κ2) is 6.68. The quantitative estimate of drug-likeness (QED) is 0.680. The van der Waals surface area contributed by atoms with Gasteiger partial charge in [-0.1, -0.05) is 12.5 Å². The molecular weight excluding hydrogens is 326 g/mol. The number of nitrogens with zero attached hydrogens (tertiary/aromatic N) is 5. The summed E-state index contributed by atoms with van der Waals surface area (Å²) in [6.45, 7) is 2.70. The number of pyridine rings is 1. The summed E-state index contributed by atoms with van der Waals surface area (Å²) in [6, 6.07) is 11.4. The van der Waals surface area contributed by atoms with Crippen LogP contribution in [0, 0.1) is 18.3 Å². The molecule has 1 aromatic carbocycles. The molecule has 0 N–H and O–H groups in total. The number of hydrogen-bond acceptors (Lipinski definition) is 5. The Bertz CT molecular complexity index is 1030. The van der Waals surface area contributed by atoms with Crippen molar-refractivity contribution in [3.05, 3.63) is 53.2 Å². The fraction of sp³-hybridized carbons (Fsp3) is 0.350. The van der Waals surface area contributed by atoms with Gasteiger partial charge in [0, 0.05) is 29.6 Å². The van der Waals surface area contributed by atoms with E-state index in [1.54, 1.807) is 12.1 Å². The van der Waals surface area contributed by atoms with Gasteiger partial charge in [-0.05, 0) is 44.0 Å². The first-order valence-corrected chi connectivity index (χ1v) is 8.90. The van der Waals surface area contributed by atoms with E-state index in [2.05, 4.69) is 21.3 Å². The van der Waals surface area contributed by atoms with Gasteiger partial charge in [-0.3, -0.25) is 9.78 Å². The van der Waals surface area contributed by atoms with Crippen LogP contribution in [0.1, 0.15) is 52.9 Å². The maximum atomic E-state index is 13.0. The predicted octanol–water partition coefficient (Wildman–Crippen LogP) is 3.35. The van der Waals surface area contributed by atoms with E-state index in [4.69, 9.17) is 0 Å². The van der Waals surface area contributed by atoms with Crippen molar-refractivity contribution in [2.75, 3.05) is 0 Å². The monoisotopic (exact) mass is 345 g/mol. The third kappa shape index (κ3) is 2.86. The van der Waals surface area contributed by atoms with Gasteiger partial charge in [-0.2, -0.15) is 5.26 Å². The van der Waals surface area contributed by atoms with E-state index < -0.39 is 5.92 Å². The second-order valence-electron chi connectivity index (χ2n) is 6.72. The lowest BCUT2D eigenvalue weighted by molar-refractivity contribution is 0.0974. The number of nitriles is 1. The molecule has 0 bridgehead atoms. The van der Waals surface area contributed by atoms with E-state index >= 15 is 0 Å². The lowest BCUT2D eigenvalue weighted by atomic mass is 9.96. The number of Topliss-reactive ketones (excluding diaryl/α,β-unsaturated/α-hetero) is 1. The molecule has 0 aliphatic carbocycles. The molecule has 130 valence electrons. The average molecular weight is 345 g/mol. The standard InChI is InChI=1S/C20H19N5O/c1-13-6-7-14-11-15(8-9-17(14)22-13)19(26)16(12-21)20-24-23-18-5-3-2-4-10-25(18)20/h6-9,11,16H,2-5,10H2,1H3/t16-/m0/s1. The van der Waals surface area contributed by atoms with Gasteiger partial charge in [0.25, 0.3) is 0 Å². The SMILES string of the molecule is Cc1ccc2cc(C(=O)[C@H](C#N)c3nnc4n3CCCCC4)ccc2n1. The van der Waals surface area contributed by atoms with Crippen molar-refractivity contribution in [3.8, 4) is 6.07 Å². The van der Waals surface area contributed by atoms with Crippen molar-refractivity contribution in [2.45, 2.75) is 45.1 Å². The smallest absolute Gasteiger partial charge is 0.187 e. The highest BCUT2D eigenvalue weighted by Gasteiger charge is 2.29. The van der Waals surface area contributed by atoms with E-state index in [1.165, 1.54) is 0 Å². The highest BCUT2D eigenvalue weighted by atomic mass is 16.1. The van der Waals surface area contributed by atoms with Crippen molar-refractivity contribution < 1.29 is 4.79 Å². The van der Waals surface area contributed by atoms with E-state index in [9.17, 15) is 10.1 Å².